The Balaban J connectivity index is 2.92. The fourth-order valence-electron chi connectivity index (χ4n) is 1.15. The Hall–Kier alpha value is -1.29. The van der Waals surface area contributed by atoms with Gasteiger partial charge in [-0.2, -0.15) is 13.2 Å². The summed E-state index contributed by atoms with van der Waals surface area (Å²) < 4.78 is 36.8. The second kappa shape index (κ2) is 4.70. The Bertz CT molecular complexity index is 374. The smallest absolute Gasteiger partial charge is 0.389 e. The molecule has 1 nitrogen and oxygen atoms in total. The van der Waals surface area contributed by atoms with E-state index >= 15 is 0 Å². The molecule has 0 saturated carbocycles. The van der Waals surface area contributed by atoms with Gasteiger partial charge in [0.25, 0.3) is 0 Å². The van der Waals surface area contributed by atoms with Crippen molar-refractivity contribution in [1.82, 2.24) is 0 Å². The van der Waals surface area contributed by atoms with Gasteiger partial charge in [0.1, 0.15) is 0 Å². The Morgan fingerprint density at radius 3 is 2.12 bits per heavy atom. The maximum atomic E-state index is 12.3. The van der Waals surface area contributed by atoms with Crippen LogP contribution in [-0.2, 0) is 6.18 Å². The normalized spacial score (nSPS) is 15.0. The highest BCUT2D eigenvalue weighted by Gasteiger charge is 2.29. The van der Waals surface area contributed by atoms with E-state index in [2.05, 4.69) is 0 Å². The molecule has 1 atom stereocenters. The molecule has 0 amide bonds. The first-order valence-electron chi connectivity index (χ1n) is 4.84. The number of rotatable bonds is 2. The molecular formula is C12H13F3O. The highest BCUT2D eigenvalue weighted by molar-refractivity contribution is 5.53. The highest BCUT2D eigenvalue weighted by atomic mass is 19.4. The van der Waals surface area contributed by atoms with Crippen LogP contribution >= 0.6 is 0 Å². The minimum absolute atomic E-state index is 0.595. The zero-order valence-corrected chi connectivity index (χ0v) is 9.05. The van der Waals surface area contributed by atoms with E-state index < -0.39 is 17.8 Å². The van der Waals surface area contributed by atoms with Crippen LogP contribution in [-0.4, -0.2) is 11.2 Å². The maximum Gasteiger partial charge on any atom is 0.416 e. The van der Waals surface area contributed by atoms with Gasteiger partial charge in [-0.1, -0.05) is 18.2 Å². The van der Waals surface area contributed by atoms with Crippen molar-refractivity contribution in [3.05, 3.63) is 41.0 Å². The van der Waals surface area contributed by atoms with Crippen LogP contribution in [0.4, 0.5) is 13.2 Å². The minimum atomic E-state index is -4.30. The lowest BCUT2D eigenvalue weighted by Gasteiger charge is -2.07. The third kappa shape index (κ3) is 3.38. The van der Waals surface area contributed by atoms with Gasteiger partial charge in [0, 0.05) is 0 Å². The number of benzene rings is 1. The van der Waals surface area contributed by atoms with Crippen LogP contribution in [0.1, 0.15) is 25.0 Å². The van der Waals surface area contributed by atoms with E-state index in [0.29, 0.717) is 11.1 Å². The van der Waals surface area contributed by atoms with E-state index in [0.717, 1.165) is 12.1 Å². The van der Waals surface area contributed by atoms with Crippen LogP contribution < -0.4 is 0 Å². The maximum absolute atomic E-state index is 12.3. The van der Waals surface area contributed by atoms with E-state index in [1.807, 2.05) is 0 Å². The van der Waals surface area contributed by atoms with Crippen molar-refractivity contribution < 1.29 is 18.3 Å². The van der Waals surface area contributed by atoms with E-state index in [4.69, 9.17) is 0 Å². The average Bonchev–Trinajstić information content (AvgIpc) is 2.17. The summed E-state index contributed by atoms with van der Waals surface area (Å²) in [6.07, 6.45) is -3.24. The van der Waals surface area contributed by atoms with Gasteiger partial charge in [-0.3, -0.25) is 0 Å². The summed E-state index contributed by atoms with van der Waals surface area (Å²) in [6.45, 7) is 3.33. The number of aliphatic hydroxyl groups is 1. The van der Waals surface area contributed by atoms with Crippen molar-refractivity contribution in [1.29, 1.82) is 0 Å². The summed E-state index contributed by atoms with van der Waals surface area (Å²) in [6, 6.07) is 4.83. The fraction of sp³-hybridized carbons (Fsp3) is 0.333. The van der Waals surface area contributed by atoms with Gasteiger partial charge in [-0.05, 0) is 37.1 Å². The number of hydrogen-bond acceptors (Lipinski definition) is 1. The topological polar surface area (TPSA) is 20.2 Å². The average molecular weight is 230 g/mol. The Labute approximate surface area is 92.2 Å². The largest absolute Gasteiger partial charge is 0.416 e. The molecule has 0 aromatic heterocycles. The summed E-state index contributed by atoms with van der Waals surface area (Å²) in [4.78, 5) is 0. The quantitative estimate of drug-likeness (QED) is 0.824. The summed E-state index contributed by atoms with van der Waals surface area (Å²) >= 11 is 0. The molecule has 4 heteroatoms. The molecule has 0 aliphatic heterocycles. The van der Waals surface area contributed by atoms with E-state index in [1.165, 1.54) is 12.1 Å². The minimum Gasteiger partial charge on any atom is -0.389 e. The van der Waals surface area contributed by atoms with Crippen molar-refractivity contribution in [3.63, 3.8) is 0 Å². The van der Waals surface area contributed by atoms with Gasteiger partial charge in [-0.25, -0.2) is 0 Å². The van der Waals surface area contributed by atoms with Gasteiger partial charge < -0.3 is 5.11 Å². The molecule has 0 saturated heterocycles. The van der Waals surface area contributed by atoms with Crippen LogP contribution in [0.3, 0.4) is 0 Å². The monoisotopic (exact) mass is 230 g/mol. The number of alkyl halides is 3. The predicted molar refractivity (Wildman–Crippen MR) is 56.8 cm³/mol. The number of halogens is 3. The van der Waals surface area contributed by atoms with Crippen molar-refractivity contribution >= 4 is 6.08 Å². The molecule has 0 aliphatic rings. The first kappa shape index (κ1) is 12.8. The van der Waals surface area contributed by atoms with E-state index in [9.17, 15) is 18.3 Å². The van der Waals surface area contributed by atoms with Crippen molar-refractivity contribution in [2.45, 2.75) is 26.1 Å². The zero-order chi connectivity index (χ0) is 12.3. The van der Waals surface area contributed by atoms with Gasteiger partial charge >= 0.3 is 6.18 Å². The van der Waals surface area contributed by atoms with Gasteiger partial charge in [0.2, 0.25) is 0 Å². The molecule has 0 aliphatic carbocycles. The predicted octanol–water partition coefficient (Wildman–Crippen LogP) is 3.49. The van der Waals surface area contributed by atoms with Gasteiger partial charge in [-0.15, -0.1) is 0 Å². The second-order valence-electron chi connectivity index (χ2n) is 3.68. The van der Waals surface area contributed by atoms with E-state index in [-0.39, 0.29) is 0 Å². The summed E-state index contributed by atoms with van der Waals surface area (Å²) in [5, 5.41) is 9.22. The summed E-state index contributed by atoms with van der Waals surface area (Å²) in [5.41, 5.74) is 0.686. The van der Waals surface area contributed by atoms with Crippen LogP contribution in [0.5, 0.6) is 0 Å². The Morgan fingerprint density at radius 2 is 1.75 bits per heavy atom. The molecule has 0 fully saturated rings. The lowest BCUT2D eigenvalue weighted by atomic mass is 10.1. The third-order valence-corrected chi connectivity index (χ3v) is 2.29. The molecule has 1 rings (SSSR count). The lowest BCUT2D eigenvalue weighted by molar-refractivity contribution is -0.137. The van der Waals surface area contributed by atoms with Crippen LogP contribution in [0.25, 0.3) is 6.08 Å². The van der Waals surface area contributed by atoms with Crippen LogP contribution in [0.15, 0.2) is 29.8 Å². The van der Waals surface area contributed by atoms with Crippen molar-refractivity contribution in [2.24, 2.45) is 0 Å². The van der Waals surface area contributed by atoms with Crippen molar-refractivity contribution in [2.75, 3.05) is 0 Å². The van der Waals surface area contributed by atoms with Crippen molar-refractivity contribution in [3.8, 4) is 0 Å². The third-order valence-electron chi connectivity index (χ3n) is 2.29. The molecule has 1 N–H and O–H groups in total. The number of hydrogen-bond donors (Lipinski definition) is 1. The second-order valence-corrected chi connectivity index (χ2v) is 3.68. The molecule has 0 heterocycles. The SMILES string of the molecule is C/C(=C\c1ccc(C(F)(F)F)cc1)C(C)O. The van der Waals surface area contributed by atoms with Gasteiger partial charge in [0.15, 0.2) is 0 Å². The zero-order valence-electron chi connectivity index (χ0n) is 9.05. The van der Waals surface area contributed by atoms with Gasteiger partial charge in [0.05, 0.1) is 11.7 Å². The highest BCUT2D eigenvalue weighted by Crippen LogP contribution is 2.29. The first-order chi connectivity index (χ1) is 7.30. The van der Waals surface area contributed by atoms with Crippen LogP contribution in [0, 0.1) is 0 Å². The molecule has 0 bridgehead atoms. The molecule has 16 heavy (non-hydrogen) atoms. The molecule has 1 aromatic carbocycles. The fourth-order valence-corrected chi connectivity index (χ4v) is 1.15. The number of aliphatic hydroxyl groups excluding tert-OH is 1. The Kier molecular flexibility index (Phi) is 3.75. The first-order valence-corrected chi connectivity index (χ1v) is 4.84. The van der Waals surface area contributed by atoms with Crippen LogP contribution in [0.2, 0.25) is 0 Å². The molecule has 88 valence electrons. The standard InChI is InChI=1S/C12H13F3O/c1-8(9(2)16)7-10-3-5-11(6-4-10)12(13,14)15/h3-7,9,16H,1-2H3/b8-7+. The molecule has 0 spiro atoms. The molecule has 1 aromatic rings. The van der Waals surface area contributed by atoms with E-state index in [1.54, 1.807) is 19.9 Å². The lowest BCUT2D eigenvalue weighted by Crippen LogP contribution is -2.04. The molecule has 0 radical (unpaired) electrons. The summed E-state index contributed by atoms with van der Waals surface area (Å²) in [7, 11) is 0. The molecule has 1 unspecified atom stereocenters. The summed E-state index contributed by atoms with van der Waals surface area (Å²) in [5.74, 6) is 0. The molecular weight excluding hydrogens is 217 g/mol. The Morgan fingerprint density at radius 1 is 1.25 bits per heavy atom.